The molecule has 0 radical (unpaired) electrons. The third-order valence-electron chi connectivity index (χ3n) is 4.63. The van der Waals surface area contributed by atoms with Crippen LogP contribution in [0, 0.1) is 0 Å². The fraction of sp³-hybridized carbons (Fsp3) is 0.400. The summed E-state index contributed by atoms with van der Waals surface area (Å²) in [5.41, 5.74) is 1.25. The van der Waals surface area contributed by atoms with Crippen LogP contribution in [-0.2, 0) is 6.61 Å². The summed E-state index contributed by atoms with van der Waals surface area (Å²) in [6.07, 6.45) is -5.31. The molecule has 7 heteroatoms. The number of nitrogens with zero attached hydrogens (tertiary/aromatic N) is 1. The molecule has 4 nitrogen and oxygen atoms in total. The molecule has 0 saturated carbocycles. The number of alkyl halides is 3. The van der Waals surface area contributed by atoms with E-state index < -0.39 is 18.6 Å². The number of halogens is 3. The molecule has 1 saturated heterocycles. The first-order chi connectivity index (χ1) is 12.9. The van der Waals surface area contributed by atoms with Crippen LogP contribution in [0.15, 0.2) is 48.5 Å². The van der Waals surface area contributed by atoms with Gasteiger partial charge in [-0.3, -0.25) is 4.90 Å². The van der Waals surface area contributed by atoms with Crippen molar-refractivity contribution in [2.24, 2.45) is 0 Å². The average molecular weight is 380 g/mol. The predicted octanol–water partition coefficient (Wildman–Crippen LogP) is 3.87. The number of hydrogen-bond acceptors (Lipinski definition) is 4. The molecule has 0 aromatic heterocycles. The molecule has 27 heavy (non-hydrogen) atoms. The first-order valence-electron chi connectivity index (χ1n) is 8.93. The molecule has 2 aromatic carbocycles. The monoisotopic (exact) mass is 380 g/mol. The Morgan fingerprint density at radius 3 is 2.41 bits per heavy atom. The number of hydrogen-bond donors (Lipinski definition) is 2. The molecule has 1 aliphatic rings. The van der Waals surface area contributed by atoms with Gasteiger partial charge in [-0.15, -0.1) is 0 Å². The molecular weight excluding hydrogens is 357 g/mol. The Kier molecular flexibility index (Phi) is 6.23. The third kappa shape index (κ3) is 5.61. The van der Waals surface area contributed by atoms with Crippen LogP contribution in [0.4, 0.5) is 13.2 Å². The number of rotatable bonds is 6. The first-order valence-corrected chi connectivity index (χ1v) is 8.93. The first kappa shape index (κ1) is 19.5. The lowest BCUT2D eigenvalue weighted by molar-refractivity contribution is -0.148. The van der Waals surface area contributed by atoms with Gasteiger partial charge in [0.05, 0.1) is 6.42 Å². The number of nitrogens with one attached hydrogen (secondary N) is 1. The van der Waals surface area contributed by atoms with E-state index in [-0.39, 0.29) is 11.3 Å². The minimum absolute atomic E-state index is 0.173. The maximum atomic E-state index is 13.1. The molecule has 1 heterocycles. The molecule has 0 amide bonds. The van der Waals surface area contributed by atoms with E-state index in [1.807, 2.05) is 30.3 Å². The van der Waals surface area contributed by atoms with E-state index in [9.17, 15) is 18.3 Å². The molecule has 2 aromatic rings. The number of phenolic OH excluding ortho intramolecular Hbond substituents is 1. The summed E-state index contributed by atoms with van der Waals surface area (Å²) in [6, 6.07) is 13.2. The predicted molar refractivity (Wildman–Crippen MR) is 96.7 cm³/mol. The lowest BCUT2D eigenvalue weighted by Gasteiger charge is -2.36. The number of aromatic hydroxyl groups is 1. The molecule has 1 aliphatic heterocycles. The van der Waals surface area contributed by atoms with Gasteiger partial charge in [-0.2, -0.15) is 13.2 Å². The van der Waals surface area contributed by atoms with Crippen LogP contribution in [0.1, 0.15) is 23.6 Å². The molecule has 0 unspecified atom stereocenters. The van der Waals surface area contributed by atoms with Gasteiger partial charge in [0.2, 0.25) is 0 Å². The second-order valence-electron chi connectivity index (χ2n) is 6.62. The van der Waals surface area contributed by atoms with Crippen LogP contribution in [0.5, 0.6) is 11.5 Å². The zero-order valence-electron chi connectivity index (χ0n) is 14.9. The highest BCUT2D eigenvalue weighted by Gasteiger charge is 2.37. The fourth-order valence-corrected chi connectivity index (χ4v) is 3.28. The second kappa shape index (κ2) is 8.63. The molecule has 3 rings (SSSR count). The van der Waals surface area contributed by atoms with Crippen LogP contribution in [0.25, 0.3) is 0 Å². The molecular formula is C20H23F3N2O2. The Labute approximate surface area is 156 Å². The van der Waals surface area contributed by atoms with Gasteiger partial charge in [0, 0.05) is 43.9 Å². The van der Waals surface area contributed by atoms with Crippen molar-refractivity contribution in [3.8, 4) is 11.5 Å². The summed E-state index contributed by atoms with van der Waals surface area (Å²) in [5.74, 6) is 0.250. The van der Waals surface area contributed by atoms with E-state index in [0.29, 0.717) is 38.5 Å². The van der Waals surface area contributed by atoms with E-state index in [2.05, 4.69) is 5.32 Å². The van der Waals surface area contributed by atoms with Crippen LogP contribution < -0.4 is 10.1 Å². The summed E-state index contributed by atoms with van der Waals surface area (Å²) in [6.45, 7) is 2.60. The van der Waals surface area contributed by atoms with E-state index in [1.54, 1.807) is 11.0 Å². The lowest BCUT2D eigenvalue weighted by Crippen LogP contribution is -2.46. The molecule has 2 N–H and O–H groups in total. The topological polar surface area (TPSA) is 44.7 Å². The Morgan fingerprint density at radius 2 is 1.78 bits per heavy atom. The Bertz CT molecular complexity index is 732. The molecule has 1 atom stereocenters. The van der Waals surface area contributed by atoms with Gasteiger partial charge in [-0.25, -0.2) is 0 Å². The molecule has 146 valence electrons. The SMILES string of the molecule is Oc1cc(OCc2ccccc2)ccc1[C@H](CC(F)(F)F)N1CCNCC1. The van der Waals surface area contributed by atoms with Crippen molar-refractivity contribution in [2.75, 3.05) is 26.2 Å². The van der Waals surface area contributed by atoms with Crippen molar-refractivity contribution in [3.63, 3.8) is 0 Å². The highest BCUT2D eigenvalue weighted by atomic mass is 19.4. The Hall–Kier alpha value is -2.25. The molecule has 0 bridgehead atoms. The minimum Gasteiger partial charge on any atom is -0.507 e. The van der Waals surface area contributed by atoms with Gasteiger partial charge in [0.15, 0.2) is 0 Å². The minimum atomic E-state index is -4.32. The van der Waals surface area contributed by atoms with Gasteiger partial charge in [0.1, 0.15) is 18.1 Å². The molecule has 1 fully saturated rings. The van der Waals surface area contributed by atoms with Crippen LogP contribution in [-0.4, -0.2) is 42.4 Å². The van der Waals surface area contributed by atoms with Crippen LogP contribution in [0.2, 0.25) is 0 Å². The normalized spacial score (nSPS) is 16.9. The second-order valence-corrected chi connectivity index (χ2v) is 6.62. The highest BCUT2D eigenvalue weighted by Crippen LogP contribution is 2.39. The number of ether oxygens (including phenoxy) is 1. The average Bonchev–Trinajstić information content (AvgIpc) is 2.66. The largest absolute Gasteiger partial charge is 0.507 e. The number of benzene rings is 2. The number of phenols is 1. The van der Waals surface area contributed by atoms with Gasteiger partial charge < -0.3 is 15.2 Å². The van der Waals surface area contributed by atoms with Crippen molar-refractivity contribution in [1.82, 2.24) is 10.2 Å². The summed E-state index contributed by atoms with van der Waals surface area (Å²) < 4.78 is 45.0. The number of piperazine rings is 1. The summed E-state index contributed by atoms with van der Waals surface area (Å²) in [5, 5.41) is 13.5. The standard InChI is InChI=1S/C20H23F3N2O2/c21-20(22,23)13-18(25-10-8-24-9-11-25)17-7-6-16(12-19(17)26)27-14-15-4-2-1-3-5-15/h1-7,12,18,24,26H,8-11,13-14H2/t18-/m0/s1. The van der Waals surface area contributed by atoms with Gasteiger partial charge in [-0.1, -0.05) is 36.4 Å². The lowest BCUT2D eigenvalue weighted by atomic mass is 9.99. The molecule has 0 aliphatic carbocycles. The smallest absolute Gasteiger partial charge is 0.390 e. The van der Waals surface area contributed by atoms with Crippen molar-refractivity contribution in [1.29, 1.82) is 0 Å². The summed E-state index contributed by atoms with van der Waals surface area (Å²) in [4.78, 5) is 1.77. The molecule has 0 spiro atoms. The summed E-state index contributed by atoms with van der Waals surface area (Å²) in [7, 11) is 0. The van der Waals surface area contributed by atoms with Crippen LogP contribution >= 0.6 is 0 Å². The zero-order valence-corrected chi connectivity index (χ0v) is 14.9. The quantitative estimate of drug-likeness (QED) is 0.799. The van der Waals surface area contributed by atoms with E-state index in [0.717, 1.165) is 5.56 Å². The van der Waals surface area contributed by atoms with Crippen molar-refractivity contribution >= 4 is 0 Å². The Morgan fingerprint density at radius 1 is 1.07 bits per heavy atom. The van der Waals surface area contributed by atoms with E-state index >= 15 is 0 Å². The van der Waals surface area contributed by atoms with E-state index in [4.69, 9.17) is 4.74 Å². The van der Waals surface area contributed by atoms with E-state index in [1.165, 1.54) is 12.1 Å². The Balaban J connectivity index is 1.76. The van der Waals surface area contributed by atoms with Gasteiger partial charge in [-0.05, 0) is 11.6 Å². The van der Waals surface area contributed by atoms with Crippen molar-refractivity contribution < 1.29 is 23.0 Å². The van der Waals surface area contributed by atoms with Gasteiger partial charge >= 0.3 is 6.18 Å². The zero-order chi connectivity index (χ0) is 19.3. The maximum Gasteiger partial charge on any atom is 0.390 e. The third-order valence-corrected chi connectivity index (χ3v) is 4.63. The van der Waals surface area contributed by atoms with Crippen LogP contribution in [0.3, 0.4) is 0 Å². The fourth-order valence-electron chi connectivity index (χ4n) is 3.28. The van der Waals surface area contributed by atoms with Crippen molar-refractivity contribution in [2.45, 2.75) is 25.2 Å². The summed E-state index contributed by atoms with van der Waals surface area (Å²) >= 11 is 0. The maximum absolute atomic E-state index is 13.1. The van der Waals surface area contributed by atoms with Gasteiger partial charge in [0.25, 0.3) is 0 Å². The highest BCUT2D eigenvalue weighted by molar-refractivity contribution is 5.42. The van der Waals surface area contributed by atoms with Crippen molar-refractivity contribution in [3.05, 3.63) is 59.7 Å².